The number of nitrogens with one attached hydrogen (secondary N) is 1. The lowest BCUT2D eigenvalue weighted by Gasteiger charge is -2.20. The Morgan fingerprint density at radius 3 is 2.32 bits per heavy atom. The molecular weight excluding hydrogens is 536 g/mol. The van der Waals surface area contributed by atoms with Crippen LogP contribution in [0.4, 0.5) is 5.69 Å². The van der Waals surface area contributed by atoms with Gasteiger partial charge in [-0.25, -0.2) is 26.8 Å². The Kier molecular flexibility index (Phi) is 8.27. The molecule has 1 aromatic heterocycles. The van der Waals surface area contributed by atoms with Crippen LogP contribution in [0.2, 0.25) is 5.02 Å². The van der Waals surface area contributed by atoms with Crippen molar-refractivity contribution in [3.63, 3.8) is 0 Å². The molecule has 0 bridgehead atoms. The standard InChI is InChI=1S/C25H27ClN4O5S2/c1-18-7-6-8-19(15-18)17-36(32,33)25-27-16-22(26)23(29-25)24(31)28-20-9-11-21(12-10-20)37(34,35)30-13-4-2-3-5-14-30/h6-12,15-16H,2-5,13-14,17H2,1H3,(H,28,31). The zero-order valence-electron chi connectivity index (χ0n) is 20.2. The Morgan fingerprint density at radius 2 is 1.68 bits per heavy atom. The number of halogens is 1. The highest BCUT2D eigenvalue weighted by Crippen LogP contribution is 2.23. The first-order valence-electron chi connectivity index (χ1n) is 11.8. The molecule has 2 heterocycles. The molecule has 0 unspecified atom stereocenters. The van der Waals surface area contributed by atoms with Crippen LogP contribution < -0.4 is 5.32 Å². The van der Waals surface area contributed by atoms with E-state index in [0.29, 0.717) is 24.3 Å². The molecule has 1 N–H and O–H groups in total. The molecule has 0 radical (unpaired) electrons. The van der Waals surface area contributed by atoms with E-state index in [0.717, 1.165) is 37.4 Å². The lowest BCUT2D eigenvalue weighted by molar-refractivity contribution is 0.102. The van der Waals surface area contributed by atoms with Crippen LogP contribution in [0.25, 0.3) is 0 Å². The van der Waals surface area contributed by atoms with E-state index in [4.69, 9.17) is 11.6 Å². The predicted molar refractivity (Wildman–Crippen MR) is 141 cm³/mol. The largest absolute Gasteiger partial charge is 0.321 e. The third-order valence-corrected chi connectivity index (χ3v) is 9.63. The summed E-state index contributed by atoms with van der Waals surface area (Å²) in [6.07, 6.45) is 4.75. The minimum Gasteiger partial charge on any atom is -0.321 e. The van der Waals surface area contributed by atoms with Crippen LogP contribution in [0.15, 0.2) is 64.8 Å². The molecule has 1 amide bonds. The molecule has 196 valence electrons. The molecule has 0 spiro atoms. The van der Waals surface area contributed by atoms with Gasteiger partial charge in [0.15, 0.2) is 5.69 Å². The lowest BCUT2D eigenvalue weighted by atomic mass is 10.2. The van der Waals surface area contributed by atoms with Crippen LogP contribution in [0.5, 0.6) is 0 Å². The molecule has 0 saturated carbocycles. The van der Waals surface area contributed by atoms with E-state index in [9.17, 15) is 21.6 Å². The first-order valence-corrected chi connectivity index (χ1v) is 15.3. The highest BCUT2D eigenvalue weighted by Gasteiger charge is 2.26. The van der Waals surface area contributed by atoms with Gasteiger partial charge in [0, 0.05) is 18.8 Å². The minimum absolute atomic E-state index is 0.118. The Hall–Kier alpha value is -2.86. The first-order chi connectivity index (χ1) is 17.6. The molecule has 0 atom stereocenters. The zero-order valence-corrected chi connectivity index (χ0v) is 22.6. The Balaban J connectivity index is 1.50. The van der Waals surface area contributed by atoms with Crippen LogP contribution >= 0.6 is 11.6 Å². The van der Waals surface area contributed by atoms with Crippen molar-refractivity contribution in [3.8, 4) is 0 Å². The topological polar surface area (TPSA) is 126 Å². The van der Waals surface area contributed by atoms with Crippen molar-refractivity contribution in [1.29, 1.82) is 0 Å². The number of carbonyl (C=O) groups is 1. The molecule has 37 heavy (non-hydrogen) atoms. The van der Waals surface area contributed by atoms with Crippen LogP contribution in [0.1, 0.15) is 47.3 Å². The van der Waals surface area contributed by atoms with Crippen molar-refractivity contribution in [1.82, 2.24) is 14.3 Å². The number of anilines is 1. The van der Waals surface area contributed by atoms with Gasteiger partial charge in [-0.15, -0.1) is 0 Å². The number of hydrogen-bond donors (Lipinski definition) is 1. The van der Waals surface area contributed by atoms with Crippen molar-refractivity contribution in [2.24, 2.45) is 0 Å². The fourth-order valence-corrected chi connectivity index (χ4v) is 6.96. The highest BCUT2D eigenvalue weighted by molar-refractivity contribution is 7.90. The lowest BCUT2D eigenvalue weighted by Crippen LogP contribution is -2.31. The SMILES string of the molecule is Cc1cccc(CS(=O)(=O)c2ncc(Cl)c(C(=O)Nc3ccc(S(=O)(=O)N4CCCCCC4)cc3)n2)c1. The zero-order chi connectivity index (χ0) is 26.6. The van der Waals surface area contributed by atoms with E-state index in [2.05, 4.69) is 15.3 Å². The number of nitrogens with zero attached hydrogens (tertiary/aromatic N) is 3. The van der Waals surface area contributed by atoms with E-state index in [-0.39, 0.29) is 21.4 Å². The van der Waals surface area contributed by atoms with E-state index in [1.807, 2.05) is 13.0 Å². The average Bonchev–Trinajstić information content (AvgIpc) is 3.14. The van der Waals surface area contributed by atoms with E-state index >= 15 is 0 Å². The van der Waals surface area contributed by atoms with Gasteiger partial charge in [-0.05, 0) is 49.6 Å². The van der Waals surface area contributed by atoms with Crippen molar-refractivity contribution in [2.75, 3.05) is 18.4 Å². The summed E-state index contributed by atoms with van der Waals surface area (Å²) in [6.45, 7) is 2.83. The Labute approximate surface area is 221 Å². The van der Waals surface area contributed by atoms with Gasteiger partial charge in [-0.3, -0.25) is 4.79 Å². The molecule has 1 aliphatic heterocycles. The van der Waals surface area contributed by atoms with Crippen molar-refractivity contribution in [3.05, 3.63) is 76.6 Å². The Bertz CT molecular complexity index is 1500. The quantitative estimate of drug-likeness (QED) is 0.427. The maximum Gasteiger partial charge on any atom is 0.275 e. The van der Waals surface area contributed by atoms with E-state index in [1.54, 1.807) is 18.2 Å². The van der Waals surface area contributed by atoms with Gasteiger partial charge in [0.2, 0.25) is 25.0 Å². The third kappa shape index (κ3) is 6.53. The molecular formula is C25H27ClN4O5S2. The van der Waals surface area contributed by atoms with Crippen LogP contribution in [0.3, 0.4) is 0 Å². The average molecular weight is 563 g/mol. The smallest absolute Gasteiger partial charge is 0.275 e. The number of rotatable bonds is 7. The Morgan fingerprint density at radius 1 is 1.00 bits per heavy atom. The molecule has 12 heteroatoms. The van der Waals surface area contributed by atoms with Crippen molar-refractivity contribution in [2.45, 2.75) is 48.4 Å². The fraction of sp³-hybridized carbons (Fsp3) is 0.320. The predicted octanol–water partition coefficient (Wildman–Crippen LogP) is 4.23. The second-order valence-electron chi connectivity index (χ2n) is 8.89. The second-order valence-corrected chi connectivity index (χ2v) is 13.1. The van der Waals surface area contributed by atoms with Crippen LogP contribution in [-0.2, 0) is 25.6 Å². The summed E-state index contributed by atoms with van der Waals surface area (Å²) in [5, 5.41) is 1.96. The third-order valence-electron chi connectivity index (χ3n) is 5.97. The molecule has 1 saturated heterocycles. The number of benzene rings is 2. The summed E-state index contributed by atoms with van der Waals surface area (Å²) in [6, 6.07) is 12.8. The summed E-state index contributed by atoms with van der Waals surface area (Å²) < 4.78 is 53.2. The van der Waals surface area contributed by atoms with E-state index < -0.39 is 30.9 Å². The maximum atomic E-state index is 13.0. The van der Waals surface area contributed by atoms with Crippen molar-refractivity contribution >= 4 is 43.1 Å². The number of carbonyl (C=O) groups excluding carboxylic acids is 1. The number of sulfone groups is 1. The van der Waals surface area contributed by atoms with Gasteiger partial charge < -0.3 is 5.32 Å². The first kappa shape index (κ1) is 27.2. The summed E-state index contributed by atoms with van der Waals surface area (Å²) in [5.41, 5.74) is 1.48. The molecule has 1 aliphatic rings. The summed E-state index contributed by atoms with van der Waals surface area (Å²) in [7, 11) is -7.57. The second kappa shape index (κ2) is 11.3. The van der Waals surface area contributed by atoms with Gasteiger partial charge in [0.05, 0.1) is 21.9 Å². The van der Waals surface area contributed by atoms with Crippen molar-refractivity contribution < 1.29 is 21.6 Å². The molecule has 0 aliphatic carbocycles. The summed E-state index contributed by atoms with van der Waals surface area (Å²) in [4.78, 5) is 20.8. The van der Waals surface area contributed by atoms with Gasteiger partial charge in [0.25, 0.3) is 5.91 Å². The molecule has 9 nitrogen and oxygen atoms in total. The van der Waals surface area contributed by atoms with Crippen LogP contribution in [-0.4, -0.2) is 50.1 Å². The highest BCUT2D eigenvalue weighted by atomic mass is 35.5. The normalized spacial score (nSPS) is 15.2. The van der Waals surface area contributed by atoms with Gasteiger partial charge >= 0.3 is 0 Å². The molecule has 2 aromatic carbocycles. The van der Waals surface area contributed by atoms with E-state index in [1.165, 1.54) is 28.6 Å². The monoisotopic (exact) mass is 562 g/mol. The number of aryl methyl sites for hydroxylation is 1. The number of sulfonamides is 1. The fourth-order valence-electron chi connectivity index (χ4n) is 4.08. The number of amides is 1. The number of hydrogen-bond acceptors (Lipinski definition) is 7. The molecule has 3 aromatic rings. The van der Waals surface area contributed by atoms with Gasteiger partial charge in [-0.2, -0.15) is 4.31 Å². The molecule has 4 rings (SSSR count). The molecule has 1 fully saturated rings. The van der Waals surface area contributed by atoms with Crippen LogP contribution in [0, 0.1) is 6.92 Å². The van der Waals surface area contributed by atoms with Gasteiger partial charge in [0.1, 0.15) is 0 Å². The van der Waals surface area contributed by atoms with Gasteiger partial charge in [-0.1, -0.05) is 54.3 Å². The minimum atomic E-state index is -3.94. The number of aromatic nitrogens is 2. The summed E-state index contributed by atoms with van der Waals surface area (Å²) >= 11 is 6.11. The summed E-state index contributed by atoms with van der Waals surface area (Å²) in [5.74, 6) is -1.08. The maximum absolute atomic E-state index is 13.0.